The van der Waals surface area contributed by atoms with Crippen LogP contribution in [0.15, 0.2) is 53.4 Å². The summed E-state index contributed by atoms with van der Waals surface area (Å²) in [7, 11) is 0. The van der Waals surface area contributed by atoms with E-state index in [-0.39, 0.29) is 23.0 Å². The highest BCUT2D eigenvalue weighted by molar-refractivity contribution is 7.79. The van der Waals surface area contributed by atoms with Crippen LogP contribution in [-0.2, 0) is 22.3 Å². The van der Waals surface area contributed by atoms with Gasteiger partial charge in [-0.2, -0.15) is 0 Å². The highest BCUT2D eigenvalue weighted by Crippen LogP contribution is 2.13. The van der Waals surface area contributed by atoms with Crippen LogP contribution in [-0.4, -0.2) is 14.7 Å². The molecular weight excluding hydrogens is 281 g/mol. The van der Waals surface area contributed by atoms with Crippen molar-refractivity contribution in [3.8, 4) is 0 Å². The molecule has 4 nitrogen and oxygen atoms in total. The Labute approximate surface area is 117 Å². The smallest absolute Gasteiger partial charge is 0.228 e. The summed E-state index contributed by atoms with van der Waals surface area (Å²) in [5, 5.41) is 2.62. The van der Waals surface area contributed by atoms with Crippen LogP contribution in [0.25, 0.3) is 0 Å². The fraction of sp³-hybridized carbons (Fsp3) is 0.0714. The maximum Gasteiger partial charge on any atom is 0.228 e. The molecule has 1 amide bonds. The van der Waals surface area contributed by atoms with Crippen molar-refractivity contribution in [2.75, 3.05) is 5.32 Å². The van der Waals surface area contributed by atoms with Crippen LogP contribution in [0.4, 0.5) is 10.1 Å². The number of benzene rings is 2. The van der Waals surface area contributed by atoms with Gasteiger partial charge in [-0.3, -0.25) is 4.79 Å². The lowest BCUT2D eigenvalue weighted by atomic mass is 10.1. The van der Waals surface area contributed by atoms with E-state index < -0.39 is 11.1 Å². The number of nitrogens with one attached hydrogen (secondary N) is 1. The quantitative estimate of drug-likeness (QED) is 0.851. The van der Waals surface area contributed by atoms with E-state index in [2.05, 4.69) is 5.32 Å². The summed E-state index contributed by atoms with van der Waals surface area (Å²) < 4.78 is 32.6. The molecule has 0 aliphatic heterocycles. The number of amides is 1. The topological polar surface area (TPSA) is 66.4 Å². The molecule has 0 aliphatic rings. The summed E-state index contributed by atoms with van der Waals surface area (Å²) in [5.41, 5.74) is 1.13. The molecule has 0 saturated heterocycles. The standard InChI is InChI=1S/C14H12FNO3S/c15-11-6-4-10(5-7-11)8-14(17)16-12-2-1-3-13(9-12)20(18)19/h1-7,9H,8H2,(H,16,17)(H,18,19). The predicted octanol–water partition coefficient (Wildman–Crippen LogP) is 2.59. The Balaban J connectivity index is 2.02. The Kier molecular flexibility index (Phi) is 4.60. The van der Waals surface area contributed by atoms with Crippen molar-refractivity contribution in [2.24, 2.45) is 0 Å². The maximum atomic E-state index is 12.7. The third-order valence-electron chi connectivity index (χ3n) is 2.60. The average Bonchev–Trinajstić information content (AvgIpc) is 2.41. The van der Waals surface area contributed by atoms with Gasteiger partial charge in [-0.25, -0.2) is 8.60 Å². The van der Waals surface area contributed by atoms with Gasteiger partial charge < -0.3 is 9.87 Å². The summed E-state index contributed by atoms with van der Waals surface area (Å²) in [6.45, 7) is 0. The number of carbonyl (C=O) groups is 1. The molecule has 2 aromatic rings. The number of anilines is 1. The molecule has 104 valence electrons. The first-order valence-electron chi connectivity index (χ1n) is 5.80. The summed E-state index contributed by atoms with van der Waals surface area (Å²) in [6, 6.07) is 11.8. The lowest BCUT2D eigenvalue weighted by molar-refractivity contribution is -0.115. The van der Waals surface area contributed by atoms with E-state index in [1.165, 1.54) is 36.4 Å². The second kappa shape index (κ2) is 6.40. The Morgan fingerprint density at radius 3 is 2.55 bits per heavy atom. The highest BCUT2D eigenvalue weighted by atomic mass is 32.2. The molecule has 2 N–H and O–H groups in total. The molecule has 0 saturated carbocycles. The van der Waals surface area contributed by atoms with Crippen molar-refractivity contribution in [3.63, 3.8) is 0 Å². The number of rotatable bonds is 4. The first-order chi connectivity index (χ1) is 9.54. The number of halogens is 1. The fourth-order valence-electron chi connectivity index (χ4n) is 1.68. The van der Waals surface area contributed by atoms with Crippen molar-refractivity contribution in [3.05, 3.63) is 59.9 Å². The summed E-state index contributed by atoms with van der Waals surface area (Å²) in [5.74, 6) is -0.634. The molecule has 20 heavy (non-hydrogen) atoms. The second-order valence-corrected chi connectivity index (χ2v) is 5.10. The molecule has 1 atom stereocenters. The fourth-order valence-corrected chi connectivity index (χ4v) is 2.10. The third kappa shape index (κ3) is 3.97. The highest BCUT2D eigenvalue weighted by Gasteiger charge is 2.06. The zero-order chi connectivity index (χ0) is 14.5. The van der Waals surface area contributed by atoms with Crippen LogP contribution < -0.4 is 5.32 Å². The largest absolute Gasteiger partial charge is 0.326 e. The molecule has 6 heteroatoms. The minimum Gasteiger partial charge on any atom is -0.326 e. The van der Waals surface area contributed by atoms with Gasteiger partial charge in [-0.1, -0.05) is 18.2 Å². The maximum absolute atomic E-state index is 12.7. The lowest BCUT2D eigenvalue weighted by Gasteiger charge is -2.06. The molecule has 2 rings (SSSR count). The van der Waals surface area contributed by atoms with Crippen LogP contribution >= 0.6 is 0 Å². The van der Waals surface area contributed by atoms with E-state index in [9.17, 15) is 13.4 Å². The zero-order valence-electron chi connectivity index (χ0n) is 10.4. The monoisotopic (exact) mass is 293 g/mol. The van der Waals surface area contributed by atoms with Crippen molar-refractivity contribution in [1.82, 2.24) is 0 Å². The normalized spacial score (nSPS) is 11.9. The Morgan fingerprint density at radius 2 is 1.90 bits per heavy atom. The minimum atomic E-state index is -2.09. The molecule has 1 unspecified atom stereocenters. The van der Waals surface area contributed by atoms with Crippen LogP contribution in [0.2, 0.25) is 0 Å². The van der Waals surface area contributed by atoms with E-state index in [1.54, 1.807) is 12.1 Å². The molecule has 0 heterocycles. The molecule has 2 aromatic carbocycles. The summed E-state index contributed by atoms with van der Waals surface area (Å²) in [6.07, 6.45) is 0.104. The zero-order valence-corrected chi connectivity index (χ0v) is 11.2. The first kappa shape index (κ1) is 14.4. The minimum absolute atomic E-state index is 0.104. The van der Waals surface area contributed by atoms with Gasteiger partial charge in [-0.05, 0) is 35.9 Å². The van der Waals surface area contributed by atoms with Crippen LogP contribution in [0.3, 0.4) is 0 Å². The molecule has 0 spiro atoms. The van der Waals surface area contributed by atoms with Crippen molar-refractivity contribution in [2.45, 2.75) is 11.3 Å². The van der Waals surface area contributed by atoms with Gasteiger partial charge >= 0.3 is 0 Å². The first-order valence-corrected chi connectivity index (χ1v) is 6.90. The number of hydrogen-bond donors (Lipinski definition) is 2. The Bertz CT molecular complexity index is 643. The average molecular weight is 293 g/mol. The Morgan fingerprint density at radius 1 is 1.20 bits per heavy atom. The van der Waals surface area contributed by atoms with Gasteiger partial charge in [-0.15, -0.1) is 0 Å². The molecule has 0 fully saturated rings. The van der Waals surface area contributed by atoms with Crippen LogP contribution in [0, 0.1) is 5.82 Å². The van der Waals surface area contributed by atoms with Gasteiger partial charge in [0.1, 0.15) is 5.82 Å². The number of hydrogen-bond acceptors (Lipinski definition) is 2. The van der Waals surface area contributed by atoms with Crippen LogP contribution in [0.1, 0.15) is 5.56 Å². The van der Waals surface area contributed by atoms with Gasteiger partial charge in [0.15, 0.2) is 11.1 Å². The molecule has 0 bridgehead atoms. The van der Waals surface area contributed by atoms with Gasteiger partial charge in [0.2, 0.25) is 5.91 Å². The Hall–Kier alpha value is -2.05. The van der Waals surface area contributed by atoms with Gasteiger partial charge in [0, 0.05) is 5.69 Å². The van der Waals surface area contributed by atoms with Crippen LogP contribution in [0.5, 0.6) is 0 Å². The van der Waals surface area contributed by atoms with E-state index in [4.69, 9.17) is 4.55 Å². The van der Waals surface area contributed by atoms with Crippen molar-refractivity contribution < 1.29 is 17.9 Å². The van der Waals surface area contributed by atoms with E-state index in [1.807, 2.05) is 0 Å². The van der Waals surface area contributed by atoms with E-state index in [0.29, 0.717) is 11.3 Å². The molecular formula is C14H12FNO3S. The second-order valence-electron chi connectivity index (χ2n) is 4.13. The number of carbonyl (C=O) groups excluding carboxylic acids is 1. The molecule has 0 radical (unpaired) electrons. The SMILES string of the molecule is O=C(Cc1ccc(F)cc1)Nc1cccc(S(=O)O)c1. The predicted molar refractivity (Wildman–Crippen MR) is 74.2 cm³/mol. The van der Waals surface area contributed by atoms with Gasteiger partial charge in [0.25, 0.3) is 0 Å². The molecule has 0 aliphatic carbocycles. The third-order valence-corrected chi connectivity index (χ3v) is 3.25. The molecule has 0 aromatic heterocycles. The van der Waals surface area contributed by atoms with Crippen molar-refractivity contribution in [1.29, 1.82) is 0 Å². The van der Waals surface area contributed by atoms with E-state index >= 15 is 0 Å². The summed E-state index contributed by atoms with van der Waals surface area (Å²) in [4.78, 5) is 12.0. The van der Waals surface area contributed by atoms with E-state index in [0.717, 1.165) is 0 Å². The van der Waals surface area contributed by atoms with Crippen molar-refractivity contribution >= 4 is 22.7 Å². The summed E-state index contributed by atoms with van der Waals surface area (Å²) >= 11 is -2.09. The van der Waals surface area contributed by atoms with Gasteiger partial charge in [0.05, 0.1) is 11.3 Å². The lowest BCUT2D eigenvalue weighted by Crippen LogP contribution is -2.14.